The van der Waals surface area contributed by atoms with Gasteiger partial charge in [-0.1, -0.05) is 11.6 Å². The molecule has 144 valence electrons. The number of allylic oxidation sites excluding steroid dienone is 3. The van der Waals surface area contributed by atoms with Crippen molar-refractivity contribution < 1.29 is 14.2 Å². The lowest BCUT2D eigenvalue weighted by molar-refractivity contribution is 0.193. The van der Waals surface area contributed by atoms with E-state index < -0.39 is 12.1 Å². The molecule has 3 heterocycles. The highest BCUT2D eigenvalue weighted by Gasteiger charge is 2.14. The number of fused-ring (bicyclic) bond motifs is 1. The van der Waals surface area contributed by atoms with Crippen LogP contribution in [0.1, 0.15) is 32.4 Å². The van der Waals surface area contributed by atoms with Crippen LogP contribution in [0.5, 0.6) is 5.75 Å². The van der Waals surface area contributed by atoms with E-state index in [2.05, 4.69) is 21.8 Å². The van der Waals surface area contributed by atoms with Gasteiger partial charge in [0.05, 0.1) is 29.7 Å². The maximum absolute atomic E-state index is 14.1. The molecule has 0 spiro atoms. The average molecular weight is 380 g/mol. The van der Waals surface area contributed by atoms with E-state index >= 15 is 0 Å². The lowest BCUT2D eigenvalue weighted by atomic mass is 10.1. The summed E-state index contributed by atoms with van der Waals surface area (Å²) in [6, 6.07) is 6.76. The summed E-state index contributed by atoms with van der Waals surface area (Å²) >= 11 is 0. The topological polar surface area (TPSA) is 72.0 Å². The van der Waals surface area contributed by atoms with Crippen molar-refractivity contribution in [3.05, 3.63) is 71.8 Å². The van der Waals surface area contributed by atoms with Gasteiger partial charge in [0.2, 0.25) is 11.8 Å². The van der Waals surface area contributed by atoms with Crippen molar-refractivity contribution >= 4 is 12.2 Å². The Hall–Kier alpha value is -3.32. The third-order valence-electron chi connectivity index (χ3n) is 4.03. The monoisotopic (exact) mass is 380 g/mol. The SMILES string of the molecule is C=N/C(=C\C=C(C)C)Oc1ccc2c(-c3ccc(C(C)O)c(F)n3)cnn2c1. The van der Waals surface area contributed by atoms with Crippen molar-refractivity contribution in [2.24, 2.45) is 4.99 Å². The van der Waals surface area contributed by atoms with E-state index in [1.54, 1.807) is 41.2 Å². The molecule has 0 aliphatic rings. The first kappa shape index (κ1) is 19.4. The van der Waals surface area contributed by atoms with Gasteiger partial charge in [-0.2, -0.15) is 9.49 Å². The normalized spacial score (nSPS) is 12.7. The van der Waals surface area contributed by atoms with E-state index in [0.29, 0.717) is 22.9 Å². The number of aliphatic hydroxyl groups excluding tert-OH is 1. The zero-order valence-electron chi connectivity index (χ0n) is 15.9. The second-order valence-electron chi connectivity index (χ2n) is 6.51. The highest BCUT2D eigenvalue weighted by atomic mass is 19.1. The highest BCUT2D eigenvalue weighted by Crippen LogP contribution is 2.27. The number of rotatable bonds is 6. The Balaban J connectivity index is 1.93. The van der Waals surface area contributed by atoms with Crippen LogP contribution in [0.4, 0.5) is 4.39 Å². The third kappa shape index (κ3) is 4.15. The number of pyridine rings is 2. The lowest BCUT2D eigenvalue weighted by Crippen LogP contribution is -1.99. The second kappa shape index (κ2) is 8.14. The fourth-order valence-electron chi connectivity index (χ4n) is 2.61. The largest absolute Gasteiger partial charge is 0.437 e. The number of ether oxygens (including phenoxy) is 1. The molecule has 3 aromatic rings. The molecule has 0 saturated carbocycles. The fourth-order valence-corrected chi connectivity index (χ4v) is 2.61. The fraction of sp³-hybridized carbons (Fsp3) is 0.190. The van der Waals surface area contributed by atoms with Crippen LogP contribution in [0.3, 0.4) is 0 Å². The maximum Gasteiger partial charge on any atom is 0.219 e. The number of hydrogen-bond donors (Lipinski definition) is 1. The predicted octanol–water partition coefficient (Wildman–Crippen LogP) is 4.48. The van der Waals surface area contributed by atoms with Crippen LogP contribution in [0.15, 0.2) is 65.3 Å². The number of hydrogen-bond acceptors (Lipinski definition) is 5. The summed E-state index contributed by atoms with van der Waals surface area (Å²) < 4.78 is 21.5. The molecule has 28 heavy (non-hydrogen) atoms. The van der Waals surface area contributed by atoms with Crippen LogP contribution in [0.2, 0.25) is 0 Å². The summed E-state index contributed by atoms with van der Waals surface area (Å²) in [5.74, 6) is 0.204. The number of aromatic nitrogens is 3. The summed E-state index contributed by atoms with van der Waals surface area (Å²) in [5.41, 5.74) is 3.11. The quantitative estimate of drug-likeness (QED) is 0.296. The molecule has 1 atom stereocenters. The van der Waals surface area contributed by atoms with Gasteiger partial charge in [-0.25, -0.2) is 14.5 Å². The van der Waals surface area contributed by atoms with Gasteiger partial charge >= 0.3 is 0 Å². The van der Waals surface area contributed by atoms with Gasteiger partial charge in [0.25, 0.3) is 0 Å². The third-order valence-corrected chi connectivity index (χ3v) is 4.03. The first-order chi connectivity index (χ1) is 13.4. The molecule has 0 saturated heterocycles. The van der Waals surface area contributed by atoms with E-state index in [1.807, 2.05) is 19.9 Å². The number of nitrogens with zero attached hydrogens (tertiary/aromatic N) is 4. The molecule has 0 radical (unpaired) electrons. The summed E-state index contributed by atoms with van der Waals surface area (Å²) in [4.78, 5) is 7.82. The molecule has 0 bridgehead atoms. The van der Waals surface area contributed by atoms with Gasteiger partial charge < -0.3 is 9.84 Å². The first-order valence-electron chi connectivity index (χ1n) is 8.71. The summed E-state index contributed by atoms with van der Waals surface area (Å²) in [7, 11) is 0. The summed E-state index contributed by atoms with van der Waals surface area (Å²) in [5, 5.41) is 13.9. The van der Waals surface area contributed by atoms with Crippen molar-refractivity contribution in [3.63, 3.8) is 0 Å². The molecule has 0 aliphatic heterocycles. The van der Waals surface area contributed by atoms with E-state index in [9.17, 15) is 9.50 Å². The average Bonchev–Trinajstić information content (AvgIpc) is 3.07. The maximum atomic E-state index is 14.1. The molecule has 3 rings (SSSR count). The Bertz CT molecular complexity index is 1080. The zero-order chi connectivity index (χ0) is 20.3. The Labute approximate surface area is 162 Å². The molecule has 0 aliphatic carbocycles. The molecule has 0 fully saturated rings. The molecular weight excluding hydrogens is 359 g/mol. The van der Waals surface area contributed by atoms with Gasteiger partial charge in [-0.05, 0) is 51.8 Å². The van der Waals surface area contributed by atoms with Crippen LogP contribution < -0.4 is 4.74 Å². The van der Waals surface area contributed by atoms with E-state index in [4.69, 9.17) is 4.74 Å². The minimum absolute atomic E-state index is 0.156. The number of aliphatic imine (C=N–C) groups is 1. The Morgan fingerprint density at radius 3 is 2.71 bits per heavy atom. The number of aliphatic hydroxyl groups is 1. The van der Waals surface area contributed by atoms with Gasteiger partial charge in [-0.3, -0.25) is 0 Å². The van der Waals surface area contributed by atoms with Gasteiger partial charge in [0.15, 0.2) is 0 Å². The van der Waals surface area contributed by atoms with Gasteiger partial charge in [0.1, 0.15) is 5.75 Å². The first-order valence-corrected chi connectivity index (χ1v) is 8.71. The lowest BCUT2D eigenvalue weighted by Gasteiger charge is -2.08. The molecule has 6 nitrogen and oxygen atoms in total. The molecule has 0 aromatic carbocycles. The minimum atomic E-state index is -0.919. The van der Waals surface area contributed by atoms with Crippen LogP contribution in [-0.2, 0) is 0 Å². The molecule has 0 amide bonds. The smallest absolute Gasteiger partial charge is 0.219 e. The van der Waals surface area contributed by atoms with Crippen molar-refractivity contribution in [2.45, 2.75) is 26.9 Å². The highest BCUT2D eigenvalue weighted by molar-refractivity contribution is 5.77. The van der Waals surface area contributed by atoms with Crippen molar-refractivity contribution in [3.8, 4) is 17.0 Å². The molecule has 7 heteroatoms. The molecular formula is C21H21FN4O2. The van der Waals surface area contributed by atoms with Gasteiger partial charge in [0, 0.05) is 17.2 Å². The molecule has 3 aromatic heterocycles. The minimum Gasteiger partial charge on any atom is -0.437 e. The van der Waals surface area contributed by atoms with Crippen LogP contribution in [-0.4, -0.2) is 26.4 Å². The second-order valence-corrected chi connectivity index (χ2v) is 6.51. The van der Waals surface area contributed by atoms with Crippen LogP contribution in [0.25, 0.3) is 16.8 Å². The Morgan fingerprint density at radius 2 is 2.07 bits per heavy atom. The Morgan fingerprint density at radius 1 is 1.29 bits per heavy atom. The van der Waals surface area contributed by atoms with Crippen molar-refractivity contribution in [2.75, 3.05) is 0 Å². The summed E-state index contributed by atoms with van der Waals surface area (Å²) in [6.07, 6.45) is 6.00. The zero-order valence-corrected chi connectivity index (χ0v) is 15.9. The standard InChI is InChI=1S/C21H21FN4O2/c1-13(2)5-10-20(23-4)28-15-6-9-19-17(11-24-26(19)12-15)18-8-7-16(14(3)27)21(22)25-18/h5-12,14,27H,4H2,1-3H3/b20-10+. The van der Waals surface area contributed by atoms with Gasteiger partial charge in [-0.15, -0.1) is 0 Å². The molecule has 1 N–H and O–H groups in total. The Kier molecular flexibility index (Phi) is 5.65. The van der Waals surface area contributed by atoms with Crippen LogP contribution in [0, 0.1) is 5.95 Å². The molecule has 1 unspecified atom stereocenters. The van der Waals surface area contributed by atoms with E-state index in [1.165, 1.54) is 13.0 Å². The van der Waals surface area contributed by atoms with Crippen LogP contribution >= 0.6 is 0 Å². The van der Waals surface area contributed by atoms with Crippen molar-refractivity contribution in [1.82, 2.24) is 14.6 Å². The van der Waals surface area contributed by atoms with Crippen molar-refractivity contribution in [1.29, 1.82) is 0 Å². The number of halogens is 1. The van der Waals surface area contributed by atoms with E-state index in [-0.39, 0.29) is 5.56 Å². The predicted molar refractivity (Wildman–Crippen MR) is 107 cm³/mol. The summed E-state index contributed by atoms with van der Waals surface area (Å²) in [6.45, 7) is 8.95. The van der Waals surface area contributed by atoms with E-state index in [0.717, 1.165) is 11.1 Å².